The first kappa shape index (κ1) is 15.1. The predicted octanol–water partition coefficient (Wildman–Crippen LogP) is 3.58. The summed E-state index contributed by atoms with van der Waals surface area (Å²) in [5.41, 5.74) is 7.27. The second kappa shape index (κ2) is 6.29. The summed E-state index contributed by atoms with van der Waals surface area (Å²) in [5.74, 6) is -1.11. The summed E-state index contributed by atoms with van der Waals surface area (Å²) in [6, 6.07) is 2.95. The highest BCUT2D eigenvalue weighted by molar-refractivity contribution is 9.10. The van der Waals surface area contributed by atoms with E-state index in [2.05, 4.69) is 15.9 Å². The van der Waals surface area contributed by atoms with Gasteiger partial charge in [-0.25, -0.2) is 4.39 Å². The number of nitrogens with two attached hydrogens (primary N) is 1. The number of carboxylic acids is 1. The molecule has 100 valence electrons. The van der Waals surface area contributed by atoms with Crippen molar-refractivity contribution in [1.29, 1.82) is 0 Å². The zero-order valence-electron chi connectivity index (χ0n) is 10.4. The summed E-state index contributed by atoms with van der Waals surface area (Å²) in [5, 5.41) is 8.63. The summed E-state index contributed by atoms with van der Waals surface area (Å²) < 4.78 is 14.2. The largest absolute Gasteiger partial charge is 0.481 e. The van der Waals surface area contributed by atoms with Crippen molar-refractivity contribution >= 4 is 21.9 Å². The van der Waals surface area contributed by atoms with Crippen molar-refractivity contribution in [3.63, 3.8) is 0 Å². The van der Waals surface area contributed by atoms with Crippen LogP contribution in [-0.2, 0) is 4.79 Å². The van der Waals surface area contributed by atoms with Crippen LogP contribution in [0.2, 0.25) is 0 Å². The molecule has 0 fully saturated rings. The Bertz CT molecular complexity index is 449. The summed E-state index contributed by atoms with van der Waals surface area (Å²) in [4.78, 5) is 10.5. The van der Waals surface area contributed by atoms with E-state index in [4.69, 9.17) is 10.8 Å². The van der Waals surface area contributed by atoms with Crippen molar-refractivity contribution < 1.29 is 14.3 Å². The molecule has 0 aliphatic heterocycles. The van der Waals surface area contributed by atoms with Gasteiger partial charge in [0, 0.05) is 12.5 Å². The van der Waals surface area contributed by atoms with Crippen LogP contribution in [0.25, 0.3) is 0 Å². The Kier molecular flexibility index (Phi) is 5.28. The molecule has 0 saturated carbocycles. The Morgan fingerprint density at radius 2 is 2.11 bits per heavy atom. The second-order valence-electron chi connectivity index (χ2n) is 4.60. The topological polar surface area (TPSA) is 63.3 Å². The average molecular weight is 318 g/mol. The molecule has 3 N–H and O–H groups in total. The van der Waals surface area contributed by atoms with Crippen LogP contribution in [0.1, 0.15) is 49.8 Å². The van der Waals surface area contributed by atoms with Gasteiger partial charge < -0.3 is 10.8 Å². The molecular formula is C13H17BrFNO2. The smallest absolute Gasteiger partial charge is 0.303 e. The zero-order valence-corrected chi connectivity index (χ0v) is 12.0. The summed E-state index contributed by atoms with van der Waals surface area (Å²) >= 11 is 3.17. The summed E-state index contributed by atoms with van der Waals surface area (Å²) in [6.07, 6.45) is 0.345. The van der Waals surface area contributed by atoms with E-state index in [0.717, 1.165) is 5.56 Å². The molecule has 1 unspecified atom stereocenters. The number of hydrogen-bond acceptors (Lipinski definition) is 2. The van der Waals surface area contributed by atoms with Gasteiger partial charge in [-0.15, -0.1) is 0 Å². The van der Waals surface area contributed by atoms with Gasteiger partial charge in [0.25, 0.3) is 0 Å². The van der Waals surface area contributed by atoms with Crippen molar-refractivity contribution in [3.05, 3.63) is 33.5 Å². The summed E-state index contributed by atoms with van der Waals surface area (Å²) in [7, 11) is 0. The van der Waals surface area contributed by atoms with Crippen LogP contribution in [0.4, 0.5) is 4.39 Å². The van der Waals surface area contributed by atoms with Gasteiger partial charge in [0.15, 0.2) is 0 Å². The standard InChI is InChI=1S/C13H17BrFNO2/c1-7(2)9-5-8(6-10(14)13(9)15)11(16)3-4-12(17)18/h5-7,11H,3-4,16H2,1-2H3,(H,17,18). The first-order chi connectivity index (χ1) is 8.32. The molecule has 0 saturated heterocycles. The van der Waals surface area contributed by atoms with Crippen molar-refractivity contribution in [2.75, 3.05) is 0 Å². The fourth-order valence-electron chi connectivity index (χ4n) is 1.71. The minimum absolute atomic E-state index is 0.00712. The SMILES string of the molecule is CC(C)c1cc(C(N)CCC(=O)O)cc(Br)c1F. The van der Waals surface area contributed by atoms with Crippen molar-refractivity contribution in [1.82, 2.24) is 0 Å². The lowest BCUT2D eigenvalue weighted by atomic mass is 9.95. The van der Waals surface area contributed by atoms with Crippen LogP contribution in [0.3, 0.4) is 0 Å². The van der Waals surface area contributed by atoms with Crippen LogP contribution in [0.5, 0.6) is 0 Å². The Morgan fingerprint density at radius 1 is 1.50 bits per heavy atom. The number of carbonyl (C=O) groups is 1. The Hall–Kier alpha value is -0.940. The van der Waals surface area contributed by atoms with Crippen molar-refractivity contribution in [3.8, 4) is 0 Å². The first-order valence-electron chi connectivity index (χ1n) is 5.79. The van der Waals surface area contributed by atoms with E-state index in [-0.39, 0.29) is 18.2 Å². The van der Waals surface area contributed by atoms with E-state index >= 15 is 0 Å². The molecular weight excluding hydrogens is 301 g/mol. The highest BCUT2D eigenvalue weighted by Crippen LogP contribution is 2.29. The number of halogens is 2. The minimum atomic E-state index is -0.879. The van der Waals surface area contributed by atoms with Crippen LogP contribution in [-0.4, -0.2) is 11.1 Å². The molecule has 0 bridgehead atoms. The third kappa shape index (κ3) is 3.78. The number of carboxylic acid groups (broad SMARTS) is 1. The van der Waals surface area contributed by atoms with E-state index in [1.807, 2.05) is 13.8 Å². The van der Waals surface area contributed by atoms with E-state index < -0.39 is 12.0 Å². The lowest BCUT2D eigenvalue weighted by Crippen LogP contribution is -2.13. The molecule has 1 aromatic rings. The molecule has 0 heterocycles. The van der Waals surface area contributed by atoms with Gasteiger partial charge in [-0.05, 0) is 45.5 Å². The van der Waals surface area contributed by atoms with Gasteiger partial charge in [0.05, 0.1) is 4.47 Å². The molecule has 0 spiro atoms. The quantitative estimate of drug-likeness (QED) is 0.872. The van der Waals surface area contributed by atoms with Crippen molar-refractivity contribution in [2.24, 2.45) is 5.73 Å². The molecule has 0 aliphatic rings. The number of aliphatic carboxylic acids is 1. The Labute approximate surface area is 114 Å². The van der Waals surface area contributed by atoms with E-state index in [1.165, 1.54) is 0 Å². The van der Waals surface area contributed by atoms with Gasteiger partial charge >= 0.3 is 5.97 Å². The molecule has 1 rings (SSSR count). The van der Waals surface area contributed by atoms with Gasteiger partial charge in [-0.1, -0.05) is 19.9 Å². The average Bonchev–Trinajstić information content (AvgIpc) is 2.28. The molecule has 0 radical (unpaired) electrons. The predicted molar refractivity (Wildman–Crippen MR) is 72.0 cm³/mol. The van der Waals surface area contributed by atoms with E-state index in [0.29, 0.717) is 16.5 Å². The number of hydrogen-bond donors (Lipinski definition) is 2. The normalized spacial score (nSPS) is 12.8. The molecule has 18 heavy (non-hydrogen) atoms. The molecule has 0 aliphatic carbocycles. The maximum Gasteiger partial charge on any atom is 0.303 e. The lowest BCUT2D eigenvalue weighted by molar-refractivity contribution is -0.137. The maximum absolute atomic E-state index is 13.8. The summed E-state index contributed by atoms with van der Waals surface area (Å²) in [6.45, 7) is 3.80. The maximum atomic E-state index is 13.8. The van der Waals surface area contributed by atoms with Gasteiger partial charge in [0.1, 0.15) is 5.82 Å². The van der Waals surface area contributed by atoms with Gasteiger partial charge in [-0.2, -0.15) is 0 Å². The molecule has 1 atom stereocenters. The molecule has 3 nitrogen and oxygen atoms in total. The van der Waals surface area contributed by atoms with Gasteiger partial charge in [-0.3, -0.25) is 4.79 Å². The van der Waals surface area contributed by atoms with Crippen LogP contribution >= 0.6 is 15.9 Å². The van der Waals surface area contributed by atoms with Crippen LogP contribution in [0.15, 0.2) is 16.6 Å². The van der Waals surface area contributed by atoms with Crippen LogP contribution in [0, 0.1) is 5.82 Å². The molecule has 0 aromatic heterocycles. The Morgan fingerprint density at radius 3 is 2.61 bits per heavy atom. The third-order valence-electron chi connectivity index (χ3n) is 2.80. The molecule has 1 aromatic carbocycles. The molecule has 5 heteroatoms. The highest BCUT2D eigenvalue weighted by atomic mass is 79.9. The number of rotatable bonds is 5. The second-order valence-corrected chi connectivity index (χ2v) is 5.45. The number of benzene rings is 1. The van der Waals surface area contributed by atoms with E-state index in [1.54, 1.807) is 12.1 Å². The first-order valence-corrected chi connectivity index (χ1v) is 6.58. The van der Waals surface area contributed by atoms with Gasteiger partial charge in [0.2, 0.25) is 0 Å². The lowest BCUT2D eigenvalue weighted by Gasteiger charge is -2.16. The Balaban J connectivity index is 2.99. The van der Waals surface area contributed by atoms with Crippen molar-refractivity contribution in [2.45, 2.75) is 38.6 Å². The fourth-order valence-corrected chi connectivity index (χ4v) is 2.21. The van der Waals surface area contributed by atoms with E-state index in [9.17, 15) is 9.18 Å². The monoisotopic (exact) mass is 317 g/mol. The molecule has 0 amide bonds. The third-order valence-corrected chi connectivity index (χ3v) is 3.38. The minimum Gasteiger partial charge on any atom is -0.481 e. The highest BCUT2D eigenvalue weighted by Gasteiger charge is 2.16. The van der Waals surface area contributed by atoms with Crippen LogP contribution < -0.4 is 5.73 Å². The fraction of sp³-hybridized carbons (Fsp3) is 0.462. The zero-order chi connectivity index (χ0) is 13.9.